The molecule has 0 unspecified atom stereocenters. The Morgan fingerprint density at radius 1 is 1.30 bits per heavy atom. The van der Waals surface area contributed by atoms with Crippen LogP contribution in [0.1, 0.15) is 43.0 Å². The first-order valence-corrected chi connectivity index (χ1v) is 10.4. The van der Waals surface area contributed by atoms with Gasteiger partial charge in [0.25, 0.3) is 5.89 Å². The molecule has 0 spiro atoms. The van der Waals surface area contributed by atoms with E-state index in [-0.39, 0.29) is 18.8 Å². The van der Waals surface area contributed by atoms with Gasteiger partial charge in [-0.2, -0.15) is 4.98 Å². The van der Waals surface area contributed by atoms with Crippen molar-refractivity contribution in [1.82, 2.24) is 15.5 Å². The highest BCUT2D eigenvalue weighted by Gasteiger charge is 2.26. The van der Waals surface area contributed by atoms with Gasteiger partial charge in [-0.1, -0.05) is 23.4 Å². The molecule has 0 fully saturated rings. The third-order valence-electron chi connectivity index (χ3n) is 5.33. The minimum absolute atomic E-state index is 0.0760. The average molecular weight is 409 g/mol. The van der Waals surface area contributed by atoms with Gasteiger partial charge in [-0.05, 0) is 56.0 Å². The van der Waals surface area contributed by atoms with Gasteiger partial charge in [0, 0.05) is 35.8 Å². The van der Waals surface area contributed by atoms with E-state index in [4.69, 9.17) is 20.1 Å². The van der Waals surface area contributed by atoms with Gasteiger partial charge in [-0.15, -0.1) is 0 Å². The summed E-state index contributed by atoms with van der Waals surface area (Å²) in [6.45, 7) is 5.05. The summed E-state index contributed by atoms with van der Waals surface area (Å²) in [7, 11) is 0. The Kier molecular flexibility index (Phi) is 6.13. The van der Waals surface area contributed by atoms with E-state index in [1.54, 1.807) is 0 Å². The Hall–Kier alpha value is -2.74. The largest absolute Gasteiger partial charge is 0.491 e. The standard InChI is InChI=1S/C23H28N4O3/c1-14(2)29-21-9-6-15(12-16(21)13-24)23-26-22(27-30-23)19-5-3-4-18-17(19)7-8-20(18)25-10-11-28/h3-6,9,12,14,20,25,28H,7-8,10-11,13,24H2,1-2H3/t20-/m1/s1. The summed E-state index contributed by atoms with van der Waals surface area (Å²) in [5.41, 5.74) is 11.1. The highest BCUT2D eigenvalue weighted by molar-refractivity contribution is 5.66. The Morgan fingerprint density at radius 3 is 2.93 bits per heavy atom. The molecule has 0 bridgehead atoms. The number of aliphatic hydroxyl groups excluding tert-OH is 1. The minimum Gasteiger partial charge on any atom is -0.491 e. The number of aromatic nitrogens is 2. The number of nitrogens with two attached hydrogens (primary N) is 1. The van der Waals surface area contributed by atoms with Gasteiger partial charge in [-0.3, -0.25) is 0 Å². The zero-order valence-electron chi connectivity index (χ0n) is 17.4. The highest BCUT2D eigenvalue weighted by Crippen LogP contribution is 2.37. The molecule has 0 radical (unpaired) electrons. The summed E-state index contributed by atoms with van der Waals surface area (Å²) in [5, 5.41) is 16.7. The molecule has 4 rings (SSSR count). The molecule has 30 heavy (non-hydrogen) atoms. The first kappa shape index (κ1) is 20.5. The van der Waals surface area contributed by atoms with Crippen LogP contribution in [0.15, 0.2) is 40.9 Å². The number of hydrogen-bond acceptors (Lipinski definition) is 7. The molecule has 0 saturated heterocycles. The van der Waals surface area contributed by atoms with Crippen LogP contribution in [0.25, 0.3) is 22.8 Å². The fourth-order valence-corrected chi connectivity index (χ4v) is 4.01. The van der Waals surface area contributed by atoms with Gasteiger partial charge in [0.1, 0.15) is 5.75 Å². The molecule has 3 aromatic rings. The number of hydrogen-bond donors (Lipinski definition) is 3. The molecule has 4 N–H and O–H groups in total. The maximum absolute atomic E-state index is 9.10. The predicted molar refractivity (Wildman–Crippen MR) is 115 cm³/mol. The van der Waals surface area contributed by atoms with Crippen molar-refractivity contribution in [3.8, 4) is 28.6 Å². The lowest BCUT2D eigenvalue weighted by atomic mass is 10.0. The molecule has 1 aromatic heterocycles. The second kappa shape index (κ2) is 8.95. The molecule has 1 aliphatic rings. The molecule has 0 saturated carbocycles. The van der Waals surface area contributed by atoms with E-state index >= 15 is 0 Å². The van der Waals surface area contributed by atoms with E-state index in [2.05, 4.69) is 21.5 Å². The van der Waals surface area contributed by atoms with Crippen LogP contribution in [0.3, 0.4) is 0 Å². The van der Waals surface area contributed by atoms with E-state index in [9.17, 15) is 0 Å². The van der Waals surface area contributed by atoms with Gasteiger partial charge in [-0.25, -0.2) is 0 Å². The van der Waals surface area contributed by atoms with E-state index in [1.165, 1.54) is 11.1 Å². The first-order chi connectivity index (χ1) is 14.6. The summed E-state index contributed by atoms with van der Waals surface area (Å²) >= 11 is 0. The number of ether oxygens (including phenoxy) is 1. The third kappa shape index (κ3) is 4.09. The monoisotopic (exact) mass is 408 g/mol. The van der Waals surface area contributed by atoms with Crippen molar-refractivity contribution < 1.29 is 14.4 Å². The lowest BCUT2D eigenvalue weighted by Gasteiger charge is -2.13. The van der Waals surface area contributed by atoms with Crippen LogP contribution >= 0.6 is 0 Å². The molecular formula is C23H28N4O3. The van der Waals surface area contributed by atoms with Crippen molar-refractivity contribution in [3.05, 3.63) is 53.1 Å². The van der Waals surface area contributed by atoms with E-state index in [1.807, 2.05) is 44.2 Å². The van der Waals surface area contributed by atoms with Gasteiger partial charge >= 0.3 is 0 Å². The van der Waals surface area contributed by atoms with Crippen molar-refractivity contribution in [3.63, 3.8) is 0 Å². The third-order valence-corrected chi connectivity index (χ3v) is 5.33. The van der Waals surface area contributed by atoms with Gasteiger partial charge < -0.3 is 25.4 Å². The van der Waals surface area contributed by atoms with Crippen LogP contribution in [-0.2, 0) is 13.0 Å². The molecule has 2 aromatic carbocycles. The molecule has 1 heterocycles. The van der Waals surface area contributed by atoms with Crippen molar-refractivity contribution in [2.24, 2.45) is 5.73 Å². The van der Waals surface area contributed by atoms with Crippen LogP contribution in [0, 0.1) is 0 Å². The lowest BCUT2D eigenvalue weighted by Crippen LogP contribution is -2.22. The van der Waals surface area contributed by atoms with Crippen molar-refractivity contribution in [1.29, 1.82) is 0 Å². The highest BCUT2D eigenvalue weighted by atomic mass is 16.5. The van der Waals surface area contributed by atoms with Crippen molar-refractivity contribution in [2.45, 2.75) is 45.4 Å². The quantitative estimate of drug-likeness (QED) is 0.525. The number of aliphatic hydroxyl groups is 1. The van der Waals surface area contributed by atoms with Crippen LogP contribution < -0.4 is 15.8 Å². The zero-order valence-corrected chi connectivity index (χ0v) is 17.4. The minimum atomic E-state index is 0.0760. The number of benzene rings is 2. The van der Waals surface area contributed by atoms with Crippen molar-refractivity contribution >= 4 is 0 Å². The molecule has 1 atom stereocenters. The van der Waals surface area contributed by atoms with Gasteiger partial charge in [0.2, 0.25) is 5.82 Å². The molecule has 0 aliphatic heterocycles. The summed E-state index contributed by atoms with van der Waals surface area (Å²) in [5.74, 6) is 1.82. The van der Waals surface area contributed by atoms with E-state index in [0.29, 0.717) is 24.8 Å². The molecule has 0 amide bonds. The Bertz CT molecular complexity index is 1020. The Balaban J connectivity index is 1.62. The fraction of sp³-hybridized carbons (Fsp3) is 0.391. The maximum atomic E-state index is 9.10. The Morgan fingerprint density at radius 2 is 2.17 bits per heavy atom. The maximum Gasteiger partial charge on any atom is 0.258 e. The van der Waals surface area contributed by atoms with Gasteiger partial charge in [0.15, 0.2) is 0 Å². The second-order valence-corrected chi connectivity index (χ2v) is 7.76. The normalized spacial score (nSPS) is 15.6. The zero-order chi connectivity index (χ0) is 21.1. The number of fused-ring (bicyclic) bond motifs is 1. The summed E-state index contributed by atoms with van der Waals surface area (Å²) in [6.07, 6.45) is 2.01. The number of rotatable bonds is 8. The number of nitrogens with zero attached hydrogens (tertiary/aromatic N) is 2. The number of nitrogens with one attached hydrogen (secondary N) is 1. The summed E-state index contributed by atoms with van der Waals surface area (Å²) < 4.78 is 11.4. The van der Waals surface area contributed by atoms with Crippen molar-refractivity contribution in [2.75, 3.05) is 13.2 Å². The average Bonchev–Trinajstić information content (AvgIpc) is 3.39. The van der Waals surface area contributed by atoms with Crippen LogP contribution in [0.4, 0.5) is 0 Å². The van der Waals surface area contributed by atoms with Crippen LogP contribution in [-0.4, -0.2) is 34.5 Å². The topological polar surface area (TPSA) is 106 Å². The fourth-order valence-electron chi connectivity index (χ4n) is 4.01. The molecular weight excluding hydrogens is 380 g/mol. The summed E-state index contributed by atoms with van der Waals surface area (Å²) in [6, 6.07) is 12.2. The second-order valence-electron chi connectivity index (χ2n) is 7.76. The smallest absolute Gasteiger partial charge is 0.258 e. The SMILES string of the molecule is CC(C)Oc1ccc(-c2nc(-c3cccc4c3CC[C@H]4NCCO)no2)cc1CN. The van der Waals surface area contributed by atoms with Gasteiger partial charge in [0.05, 0.1) is 12.7 Å². The van der Waals surface area contributed by atoms with E-state index < -0.39 is 0 Å². The van der Waals surface area contributed by atoms with Crippen LogP contribution in [0.2, 0.25) is 0 Å². The molecule has 1 aliphatic carbocycles. The molecule has 158 valence electrons. The molecule has 7 heteroatoms. The first-order valence-electron chi connectivity index (χ1n) is 10.4. The Labute approximate surface area is 176 Å². The van der Waals surface area contributed by atoms with Crippen LogP contribution in [0.5, 0.6) is 5.75 Å². The lowest BCUT2D eigenvalue weighted by molar-refractivity contribution is 0.240. The predicted octanol–water partition coefficient (Wildman–Crippen LogP) is 3.22. The molecule has 7 nitrogen and oxygen atoms in total. The van der Waals surface area contributed by atoms with E-state index in [0.717, 1.165) is 35.3 Å². The summed E-state index contributed by atoms with van der Waals surface area (Å²) in [4.78, 5) is 4.66.